The van der Waals surface area contributed by atoms with Crippen molar-refractivity contribution in [3.63, 3.8) is 0 Å². The first-order chi connectivity index (χ1) is 9.70. The van der Waals surface area contributed by atoms with Gasteiger partial charge in [-0.2, -0.15) is 0 Å². The molecule has 1 atom stereocenters. The van der Waals surface area contributed by atoms with Gasteiger partial charge in [-0.25, -0.2) is 0 Å². The standard InChI is InChI=1S/C18H36O2/c1-4-6-7-8-9-10-11-12-13-15-18(19)20-16-17(3)14-5-2/h17H,4-16H2,1-3H3. The summed E-state index contributed by atoms with van der Waals surface area (Å²) < 4.78 is 5.29. The molecule has 0 aromatic heterocycles. The van der Waals surface area contributed by atoms with E-state index in [1.165, 1.54) is 51.4 Å². The smallest absolute Gasteiger partial charge is 0.305 e. The summed E-state index contributed by atoms with van der Waals surface area (Å²) in [5.74, 6) is 0.503. The number of unbranched alkanes of at least 4 members (excludes halogenated alkanes) is 8. The lowest BCUT2D eigenvalue weighted by Gasteiger charge is -2.10. The lowest BCUT2D eigenvalue weighted by Crippen LogP contribution is -2.11. The van der Waals surface area contributed by atoms with Crippen LogP contribution in [0, 0.1) is 5.92 Å². The number of carbonyl (C=O) groups is 1. The van der Waals surface area contributed by atoms with Gasteiger partial charge in [0.25, 0.3) is 0 Å². The number of carbonyl (C=O) groups excluding carboxylic acids is 1. The van der Waals surface area contributed by atoms with Crippen LogP contribution in [0.25, 0.3) is 0 Å². The highest BCUT2D eigenvalue weighted by Gasteiger charge is 2.06. The van der Waals surface area contributed by atoms with Gasteiger partial charge in [0.15, 0.2) is 0 Å². The second-order valence-electron chi connectivity index (χ2n) is 6.16. The lowest BCUT2D eigenvalue weighted by molar-refractivity contribution is -0.145. The molecule has 0 aliphatic rings. The van der Waals surface area contributed by atoms with Gasteiger partial charge in [-0.3, -0.25) is 4.79 Å². The van der Waals surface area contributed by atoms with Gasteiger partial charge < -0.3 is 4.74 Å². The predicted molar refractivity (Wildman–Crippen MR) is 86.9 cm³/mol. The number of ether oxygens (including phenoxy) is 1. The van der Waals surface area contributed by atoms with Crippen molar-refractivity contribution in [1.29, 1.82) is 0 Å². The van der Waals surface area contributed by atoms with Crippen LogP contribution in [0.2, 0.25) is 0 Å². The van der Waals surface area contributed by atoms with Crippen LogP contribution in [0.4, 0.5) is 0 Å². The molecule has 0 aliphatic carbocycles. The number of esters is 1. The third-order valence-electron chi connectivity index (χ3n) is 3.79. The molecule has 0 N–H and O–H groups in total. The van der Waals surface area contributed by atoms with Crippen LogP contribution in [0.15, 0.2) is 0 Å². The van der Waals surface area contributed by atoms with Crippen LogP contribution in [0.5, 0.6) is 0 Å². The van der Waals surface area contributed by atoms with E-state index in [0.717, 1.165) is 19.3 Å². The van der Waals surface area contributed by atoms with Crippen molar-refractivity contribution in [1.82, 2.24) is 0 Å². The Balaban J connectivity index is 3.23. The van der Waals surface area contributed by atoms with Crippen LogP contribution < -0.4 is 0 Å². The number of rotatable bonds is 14. The van der Waals surface area contributed by atoms with E-state index in [9.17, 15) is 4.79 Å². The van der Waals surface area contributed by atoms with Crippen LogP contribution in [0.3, 0.4) is 0 Å². The molecule has 0 aromatic carbocycles. The largest absolute Gasteiger partial charge is 0.465 e. The minimum absolute atomic E-state index is 0.00380. The third-order valence-corrected chi connectivity index (χ3v) is 3.79. The highest BCUT2D eigenvalue weighted by Crippen LogP contribution is 2.11. The first kappa shape index (κ1) is 19.5. The summed E-state index contributed by atoms with van der Waals surface area (Å²) in [5, 5.41) is 0. The predicted octanol–water partition coefficient (Wildman–Crippen LogP) is 5.89. The van der Waals surface area contributed by atoms with Crippen molar-refractivity contribution in [3.05, 3.63) is 0 Å². The third kappa shape index (κ3) is 13.9. The number of hydrogen-bond acceptors (Lipinski definition) is 2. The summed E-state index contributed by atoms with van der Waals surface area (Å²) in [5.41, 5.74) is 0. The van der Waals surface area contributed by atoms with E-state index in [2.05, 4.69) is 20.8 Å². The molecule has 120 valence electrons. The zero-order chi connectivity index (χ0) is 15.1. The Labute approximate surface area is 126 Å². The molecule has 0 aromatic rings. The monoisotopic (exact) mass is 284 g/mol. The summed E-state index contributed by atoms with van der Waals surface area (Å²) in [6.45, 7) is 7.17. The summed E-state index contributed by atoms with van der Waals surface area (Å²) in [6.07, 6.45) is 14.5. The zero-order valence-electron chi connectivity index (χ0n) is 14.1. The second kappa shape index (κ2) is 14.9. The van der Waals surface area contributed by atoms with Crippen LogP contribution >= 0.6 is 0 Å². The fraction of sp³-hybridized carbons (Fsp3) is 0.944. The Bertz CT molecular complexity index is 213. The van der Waals surface area contributed by atoms with Crippen molar-refractivity contribution in [3.8, 4) is 0 Å². The van der Waals surface area contributed by atoms with E-state index in [1.807, 2.05) is 0 Å². The molecule has 0 fully saturated rings. The maximum Gasteiger partial charge on any atom is 0.305 e. The number of hydrogen-bond donors (Lipinski definition) is 0. The highest BCUT2D eigenvalue weighted by molar-refractivity contribution is 5.69. The van der Waals surface area contributed by atoms with E-state index in [4.69, 9.17) is 4.74 Å². The molecule has 2 heteroatoms. The summed E-state index contributed by atoms with van der Waals surface area (Å²) >= 11 is 0. The van der Waals surface area contributed by atoms with Gasteiger partial charge in [0.2, 0.25) is 0 Å². The Morgan fingerprint density at radius 2 is 1.40 bits per heavy atom. The van der Waals surface area contributed by atoms with Crippen molar-refractivity contribution >= 4 is 5.97 Å². The average molecular weight is 284 g/mol. The molecule has 1 unspecified atom stereocenters. The Hall–Kier alpha value is -0.530. The molecule has 0 radical (unpaired) electrons. The molecule has 0 heterocycles. The van der Waals surface area contributed by atoms with Crippen molar-refractivity contribution < 1.29 is 9.53 Å². The van der Waals surface area contributed by atoms with Crippen molar-refractivity contribution in [2.24, 2.45) is 5.92 Å². The Kier molecular flexibility index (Phi) is 14.5. The quantitative estimate of drug-likeness (QED) is 0.294. The van der Waals surface area contributed by atoms with Crippen molar-refractivity contribution in [2.45, 2.75) is 97.8 Å². The molecule has 0 aliphatic heterocycles. The maximum absolute atomic E-state index is 11.5. The second-order valence-corrected chi connectivity index (χ2v) is 6.16. The molecule has 2 nitrogen and oxygen atoms in total. The lowest BCUT2D eigenvalue weighted by atomic mass is 10.1. The summed E-state index contributed by atoms with van der Waals surface area (Å²) in [6, 6.07) is 0. The van der Waals surface area contributed by atoms with Gasteiger partial charge >= 0.3 is 5.97 Å². The van der Waals surface area contributed by atoms with E-state index >= 15 is 0 Å². The van der Waals surface area contributed by atoms with E-state index in [0.29, 0.717) is 18.9 Å². The highest BCUT2D eigenvalue weighted by atomic mass is 16.5. The fourth-order valence-corrected chi connectivity index (χ4v) is 2.46. The molecule has 0 bridgehead atoms. The normalized spacial score (nSPS) is 12.3. The van der Waals surface area contributed by atoms with E-state index in [1.54, 1.807) is 0 Å². The molecular weight excluding hydrogens is 248 g/mol. The fourth-order valence-electron chi connectivity index (χ4n) is 2.46. The van der Waals surface area contributed by atoms with Gasteiger partial charge in [-0.1, -0.05) is 78.6 Å². The van der Waals surface area contributed by atoms with Crippen LogP contribution in [0.1, 0.15) is 97.8 Å². The Morgan fingerprint density at radius 3 is 1.95 bits per heavy atom. The summed E-state index contributed by atoms with van der Waals surface area (Å²) in [4.78, 5) is 11.5. The minimum atomic E-state index is -0.00380. The van der Waals surface area contributed by atoms with Gasteiger partial charge in [0.05, 0.1) is 6.61 Å². The van der Waals surface area contributed by atoms with E-state index in [-0.39, 0.29) is 5.97 Å². The summed E-state index contributed by atoms with van der Waals surface area (Å²) in [7, 11) is 0. The molecule has 0 amide bonds. The topological polar surface area (TPSA) is 26.3 Å². The minimum Gasteiger partial charge on any atom is -0.465 e. The molecule has 0 saturated carbocycles. The molecule has 20 heavy (non-hydrogen) atoms. The molecule has 0 saturated heterocycles. The first-order valence-electron chi connectivity index (χ1n) is 8.86. The van der Waals surface area contributed by atoms with E-state index < -0.39 is 0 Å². The maximum atomic E-state index is 11.5. The van der Waals surface area contributed by atoms with Crippen LogP contribution in [-0.2, 0) is 9.53 Å². The average Bonchev–Trinajstić information content (AvgIpc) is 2.43. The Morgan fingerprint density at radius 1 is 0.850 bits per heavy atom. The molecular formula is C18H36O2. The van der Waals surface area contributed by atoms with Gasteiger partial charge in [0.1, 0.15) is 0 Å². The van der Waals surface area contributed by atoms with Gasteiger partial charge in [-0.05, 0) is 18.8 Å². The van der Waals surface area contributed by atoms with Crippen molar-refractivity contribution in [2.75, 3.05) is 6.61 Å². The molecule has 0 spiro atoms. The first-order valence-corrected chi connectivity index (χ1v) is 8.86. The SMILES string of the molecule is CCCCCCCCCCCC(=O)OCC(C)CCC. The van der Waals surface area contributed by atoms with Crippen LogP contribution in [-0.4, -0.2) is 12.6 Å². The van der Waals surface area contributed by atoms with Gasteiger partial charge in [-0.15, -0.1) is 0 Å². The zero-order valence-corrected chi connectivity index (χ0v) is 14.1. The van der Waals surface area contributed by atoms with Gasteiger partial charge in [0, 0.05) is 6.42 Å². The molecule has 0 rings (SSSR count).